The highest BCUT2D eigenvalue weighted by molar-refractivity contribution is 5.72. The average Bonchev–Trinajstić information content (AvgIpc) is 3.07. The van der Waals surface area contributed by atoms with Crippen molar-refractivity contribution in [2.75, 3.05) is 0 Å². The van der Waals surface area contributed by atoms with Crippen LogP contribution in [-0.2, 0) is 19.1 Å². The van der Waals surface area contributed by atoms with Crippen LogP contribution < -0.4 is 5.73 Å². The van der Waals surface area contributed by atoms with Crippen LogP contribution in [0.1, 0.15) is 247 Å². The number of carbonyl (C=O) groups is 2. The Morgan fingerprint density at radius 3 is 0.898 bits per heavy atom. The van der Waals surface area contributed by atoms with Gasteiger partial charge in [-0.15, -0.1) is 0 Å². The van der Waals surface area contributed by atoms with Gasteiger partial charge in [-0.3, -0.25) is 9.59 Å². The number of carbonyl (C=O) groups excluding carboxylic acids is 2. The summed E-state index contributed by atoms with van der Waals surface area (Å²) in [5, 5.41) is 11.1. The summed E-state index contributed by atoms with van der Waals surface area (Å²) in [5.41, 5.74) is 5.12. The minimum absolute atomic E-state index is 0.143. The van der Waals surface area contributed by atoms with Gasteiger partial charge in [0.2, 0.25) is 0 Å². The molecule has 0 saturated heterocycles. The zero-order valence-corrected chi connectivity index (χ0v) is 33.6. The molecule has 0 rings (SSSR count). The Labute approximate surface area is 305 Å². The smallest absolute Gasteiger partial charge is 0.309 e. The summed E-state index contributed by atoms with van der Waals surface area (Å²) < 4.78 is 11.6. The summed E-state index contributed by atoms with van der Waals surface area (Å²) in [7, 11) is 0. The van der Waals surface area contributed by atoms with Gasteiger partial charge in [-0.2, -0.15) is 0 Å². The fourth-order valence-electron chi connectivity index (χ4n) is 6.81. The lowest BCUT2D eigenvalue weighted by Gasteiger charge is -2.41. The van der Waals surface area contributed by atoms with Gasteiger partial charge in [0.15, 0.2) is 0 Å². The van der Waals surface area contributed by atoms with Crippen molar-refractivity contribution in [3.05, 3.63) is 0 Å². The molecule has 0 aliphatic heterocycles. The largest absolute Gasteiger partial charge is 0.419 e. The summed E-state index contributed by atoms with van der Waals surface area (Å²) in [5.74, 6) is -2.66. The first-order chi connectivity index (χ1) is 23.6. The van der Waals surface area contributed by atoms with Crippen molar-refractivity contribution in [1.82, 2.24) is 0 Å². The normalized spacial score (nSPS) is 12.7. The molecule has 0 radical (unpaired) electrons. The molecule has 3 N–H and O–H groups in total. The van der Waals surface area contributed by atoms with Crippen LogP contribution in [0.15, 0.2) is 0 Å². The molecule has 0 spiro atoms. The highest BCUT2D eigenvalue weighted by Crippen LogP contribution is 2.30. The Kier molecular flexibility index (Phi) is 32.0. The van der Waals surface area contributed by atoms with Gasteiger partial charge in [-0.05, 0) is 26.7 Å². The maximum atomic E-state index is 12.9. The van der Waals surface area contributed by atoms with E-state index in [0.29, 0.717) is 0 Å². The second kappa shape index (κ2) is 32.7. The number of aliphatic hydroxyl groups excluding tert-OH is 1. The predicted molar refractivity (Wildman–Crippen MR) is 209 cm³/mol. The summed E-state index contributed by atoms with van der Waals surface area (Å²) >= 11 is 0. The Morgan fingerprint density at radius 1 is 0.469 bits per heavy atom. The first kappa shape index (κ1) is 47.9. The monoisotopic (exact) mass is 696 g/mol. The molecule has 49 heavy (non-hydrogen) atoms. The van der Waals surface area contributed by atoms with Gasteiger partial charge in [0, 0.05) is 24.8 Å². The topological polar surface area (TPSA) is 98.8 Å². The molecule has 0 aliphatic carbocycles. The maximum absolute atomic E-state index is 12.9. The lowest BCUT2D eigenvalue weighted by Crippen LogP contribution is -2.61. The molecule has 0 fully saturated rings. The van der Waals surface area contributed by atoms with Crippen LogP contribution in [0.4, 0.5) is 0 Å². The molecule has 0 heterocycles. The van der Waals surface area contributed by atoms with Gasteiger partial charge in [0.05, 0.1) is 0 Å². The van der Waals surface area contributed by atoms with Crippen LogP contribution in [0, 0.1) is 0 Å². The van der Waals surface area contributed by atoms with Crippen LogP contribution >= 0.6 is 0 Å². The van der Waals surface area contributed by atoms with Crippen molar-refractivity contribution < 1.29 is 24.2 Å². The third kappa shape index (κ3) is 28.2. The van der Waals surface area contributed by atoms with Crippen molar-refractivity contribution >= 4 is 11.9 Å². The van der Waals surface area contributed by atoms with E-state index in [1.165, 1.54) is 154 Å². The standard InChI is InChI=1S/C43H85NO5/c1-6-9-11-13-15-17-19-21-23-25-27-29-31-33-35-37-39(45)48-43(8-3,41(47)42(4,5)44)49-40(46)38-36-34-32-30-28-26-24-22-20-18-16-14-12-10-7-2/h41,47H,6-38,44H2,1-5H3. The van der Waals surface area contributed by atoms with Gasteiger partial charge in [-0.25, -0.2) is 0 Å². The molecule has 1 unspecified atom stereocenters. The Morgan fingerprint density at radius 2 is 0.694 bits per heavy atom. The number of hydrogen-bond acceptors (Lipinski definition) is 6. The fraction of sp³-hybridized carbons (Fsp3) is 0.953. The van der Waals surface area contributed by atoms with Crippen LogP contribution in [0.5, 0.6) is 0 Å². The summed E-state index contributed by atoms with van der Waals surface area (Å²) in [6.45, 7) is 9.62. The van der Waals surface area contributed by atoms with Crippen LogP contribution in [-0.4, -0.2) is 34.5 Å². The minimum Gasteiger partial charge on any atom is -0.419 e. The highest BCUT2D eigenvalue weighted by Gasteiger charge is 2.50. The van der Waals surface area contributed by atoms with E-state index in [4.69, 9.17) is 15.2 Å². The van der Waals surface area contributed by atoms with E-state index in [0.717, 1.165) is 38.5 Å². The highest BCUT2D eigenvalue weighted by atomic mass is 16.7. The SMILES string of the molecule is CCCCCCCCCCCCCCCCCC(=O)OC(CC)(OC(=O)CCCCCCCCCCCCCCCCC)C(O)C(C)(C)N. The zero-order valence-electron chi connectivity index (χ0n) is 33.6. The molecule has 0 aromatic rings. The second-order valence-corrected chi connectivity index (χ2v) is 15.7. The maximum Gasteiger partial charge on any atom is 0.309 e. The van der Waals surface area contributed by atoms with Gasteiger partial charge in [0.25, 0.3) is 5.79 Å². The summed E-state index contributed by atoms with van der Waals surface area (Å²) in [6, 6.07) is 0. The predicted octanol–water partition coefficient (Wildman–Crippen LogP) is 12.8. The van der Waals surface area contributed by atoms with E-state index in [1.54, 1.807) is 20.8 Å². The van der Waals surface area contributed by atoms with E-state index in [1.807, 2.05) is 0 Å². The zero-order chi connectivity index (χ0) is 36.5. The number of hydrogen-bond donors (Lipinski definition) is 2. The molecule has 0 saturated carbocycles. The molecule has 6 nitrogen and oxygen atoms in total. The van der Waals surface area contributed by atoms with Crippen molar-refractivity contribution in [3.63, 3.8) is 0 Å². The van der Waals surface area contributed by atoms with Crippen LogP contribution in [0.2, 0.25) is 0 Å². The Bertz CT molecular complexity index is 701. The molecular weight excluding hydrogens is 610 g/mol. The van der Waals surface area contributed by atoms with Crippen molar-refractivity contribution in [1.29, 1.82) is 0 Å². The molecule has 1 atom stereocenters. The summed E-state index contributed by atoms with van der Waals surface area (Å²) in [4.78, 5) is 25.8. The number of esters is 2. The van der Waals surface area contributed by atoms with Gasteiger partial charge < -0.3 is 20.3 Å². The Balaban J connectivity index is 4.22. The minimum atomic E-state index is -1.77. The third-order valence-corrected chi connectivity index (χ3v) is 10.2. The van der Waals surface area contributed by atoms with Crippen molar-refractivity contribution in [3.8, 4) is 0 Å². The van der Waals surface area contributed by atoms with Crippen molar-refractivity contribution in [2.45, 2.75) is 264 Å². The molecule has 0 amide bonds. The van der Waals surface area contributed by atoms with Crippen LogP contribution in [0.3, 0.4) is 0 Å². The average molecular weight is 696 g/mol. The molecule has 0 aliphatic rings. The second-order valence-electron chi connectivity index (χ2n) is 15.7. The lowest BCUT2D eigenvalue weighted by molar-refractivity contribution is -0.271. The number of unbranched alkanes of at least 4 members (excludes halogenated alkanes) is 28. The number of ether oxygens (including phenoxy) is 2. The first-order valence-electron chi connectivity index (χ1n) is 21.5. The fourth-order valence-corrected chi connectivity index (χ4v) is 6.81. The molecule has 6 heteroatoms. The summed E-state index contributed by atoms with van der Waals surface area (Å²) in [6.07, 6.45) is 37.1. The molecular formula is C43H85NO5. The first-order valence-corrected chi connectivity index (χ1v) is 21.5. The number of nitrogens with two attached hydrogens (primary N) is 1. The van der Waals surface area contributed by atoms with Gasteiger partial charge in [0.1, 0.15) is 6.10 Å². The lowest BCUT2D eigenvalue weighted by atomic mass is 9.89. The van der Waals surface area contributed by atoms with Crippen molar-refractivity contribution in [2.24, 2.45) is 5.73 Å². The molecule has 0 aromatic heterocycles. The van der Waals surface area contributed by atoms with E-state index < -0.39 is 29.4 Å². The third-order valence-electron chi connectivity index (χ3n) is 10.2. The van der Waals surface area contributed by atoms with E-state index >= 15 is 0 Å². The molecule has 0 bridgehead atoms. The molecule has 292 valence electrons. The number of aliphatic hydroxyl groups is 1. The van der Waals surface area contributed by atoms with Gasteiger partial charge in [-0.1, -0.05) is 201 Å². The number of rotatable bonds is 37. The van der Waals surface area contributed by atoms with E-state index in [9.17, 15) is 14.7 Å². The Hall–Kier alpha value is -1.14. The quantitative estimate of drug-likeness (QED) is 0.0381. The van der Waals surface area contributed by atoms with Crippen LogP contribution in [0.25, 0.3) is 0 Å². The van der Waals surface area contributed by atoms with Gasteiger partial charge >= 0.3 is 11.9 Å². The molecule has 0 aromatic carbocycles. The van der Waals surface area contributed by atoms with E-state index in [2.05, 4.69) is 13.8 Å². The van der Waals surface area contributed by atoms with E-state index in [-0.39, 0.29) is 19.3 Å².